The van der Waals surface area contributed by atoms with Gasteiger partial charge in [-0.05, 0) is 46.1 Å². The summed E-state index contributed by atoms with van der Waals surface area (Å²) in [7, 11) is 0. The maximum atomic E-state index is 3.69. The van der Waals surface area contributed by atoms with E-state index in [1.807, 2.05) is 6.92 Å². The highest BCUT2D eigenvalue weighted by Crippen LogP contribution is 2.05. The lowest BCUT2D eigenvalue weighted by Crippen LogP contribution is -2.38. The monoisotopic (exact) mass is 181 g/mol. The van der Waals surface area contributed by atoms with Gasteiger partial charge in [0, 0.05) is 18.4 Å². The van der Waals surface area contributed by atoms with Crippen molar-refractivity contribution in [2.75, 3.05) is 26.2 Å². The van der Waals surface area contributed by atoms with Crippen LogP contribution in [-0.2, 0) is 0 Å². The van der Waals surface area contributed by atoms with Gasteiger partial charge in [0.1, 0.15) is 0 Å². The average molecular weight is 181 g/mol. The van der Waals surface area contributed by atoms with Crippen LogP contribution in [0.1, 0.15) is 19.8 Å². The number of rotatable bonds is 6. The normalized spacial score (nSPS) is 18.1. The van der Waals surface area contributed by atoms with Gasteiger partial charge in [0.15, 0.2) is 0 Å². The molecule has 3 heteroatoms. The molecule has 0 radical (unpaired) electrons. The molecule has 1 aliphatic heterocycles. The molecule has 0 spiro atoms. The summed E-state index contributed by atoms with van der Waals surface area (Å²) in [6.45, 7) is 10.3. The van der Waals surface area contributed by atoms with E-state index in [1.54, 1.807) is 6.20 Å². The molecule has 0 aromatic rings. The summed E-state index contributed by atoms with van der Waals surface area (Å²) in [4.78, 5) is 6.17. The molecule has 1 aliphatic rings. The minimum absolute atomic E-state index is 1.04. The Morgan fingerprint density at radius 1 is 1.62 bits per heavy atom. The molecular formula is C10H19N3. The van der Waals surface area contributed by atoms with E-state index in [9.17, 15) is 0 Å². The summed E-state index contributed by atoms with van der Waals surface area (Å²) in [6.07, 6.45) is 4.35. The first-order chi connectivity index (χ1) is 6.33. The van der Waals surface area contributed by atoms with Crippen molar-refractivity contribution >= 4 is 6.72 Å². The second-order valence-electron chi connectivity index (χ2n) is 3.47. The highest BCUT2D eigenvalue weighted by Gasteiger charge is 2.11. The highest BCUT2D eigenvalue weighted by molar-refractivity contribution is 5.26. The molecule has 0 aromatic carbocycles. The van der Waals surface area contributed by atoms with Crippen molar-refractivity contribution in [3.63, 3.8) is 0 Å². The fourth-order valence-electron chi connectivity index (χ4n) is 1.38. The fraction of sp³-hybridized carbons (Fsp3) is 0.700. The van der Waals surface area contributed by atoms with Gasteiger partial charge < -0.3 is 10.2 Å². The molecule has 0 aliphatic carbocycles. The topological polar surface area (TPSA) is 27.6 Å². The molecular weight excluding hydrogens is 162 g/mol. The van der Waals surface area contributed by atoms with E-state index in [1.165, 1.54) is 32.5 Å². The Morgan fingerprint density at radius 3 is 2.92 bits per heavy atom. The van der Waals surface area contributed by atoms with Gasteiger partial charge >= 0.3 is 0 Å². The molecule has 1 saturated heterocycles. The van der Waals surface area contributed by atoms with Crippen molar-refractivity contribution in [3.8, 4) is 0 Å². The van der Waals surface area contributed by atoms with E-state index in [0.717, 1.165) is 12.2 Å². The van der Waals surface area contributed by atoms with Gasteiger partial charge in [-0.2, -0.15) is 0 Å². The lowest BCUT2D eigenvalue weighted by molar-refractivity contribution is 0.179. The zero-order valence-corrected chi connectivity index (χ0v) is 8.42. The minimum atomic E-state index is 1.04. The molecule has 1 N–H and O–H groups in total. The third kappa shape index (κ3) is 4.08. The smallest absolute Gasteiger partial charge is 0.0447 e. The summed E-state index contributed by atoms with van der Waals surface area (Å²) in [5.74, 6) is 0. The maximum absolute atomic E-state index is 3.69. The maximum Gasteiger partial charge on any atom is 0.0447 e. The molecule has 0 aromatic heterocycles. The SMILES string of the molecule is C=N/C=C(/C)NCCCN1CCC1. The predicted molar refractivity (Wildman–Crippen MR) is 57.0 cm³/mol. The van der Waals surface area contributed by atoms with E-state index >= 15 is 0 Å². The number of aliphatic imine (C=N–C) groups is 1. The number of hydrogen-bond acceptors (Lipinski definition) is 3. The van der Waals surface area contributed by atoms with Crippen molar-refractivity contribution < 1.29 is 0 Å². The van der Waals surface area contributed by atoms with Gasteiger partial charge in [0.25, 0.3) is 0 Å². The van der Waals surface area contributed by atoms with Gasteiger partial charge in [-0.15, -0.1) is 0 Å². The lowest BCUT2D eigenvalue weighted by atomic mass is 10.2. The largest absolute Gasteiger partial charge is 0.387 e. The summed E-state index contributed by atoms with van der Waals surface area (Å²) in [5, 5.41) is 3.29. The van der Waals surface area contributed by atoms with Crippen LogP contribution in [0.2, 0.25) is 0 Å². The number of nitrogens with one attached hydrogen (secondary N) is 1. The molecule has 0 bridgehead atoms. The molecule has 0 amide bonds. The van der Waals surface area contributed by atoms with Crippen LogP contribution in [-0.4, -0.2) is 37.8 Å². The van der Waals surface area contributed by atoms with Crippen molar-refractivity contribution in [1.82, 2.24) is 10.2 Å². The number of allylic oxidation sites excluding steroid dienone is 1. The molecule has 1 heterocycles. The van der Waals surface area contributed by atoms with Gasteiger partial charge in [0.05, 0.1) is 0 Å². The Labute approximate surface area is 80.5 Å². The minimum Gasteiger partial charge on any atom is -0.387 e. The summed E-state index contributed by atoms with van der Waals surface area (Å²) in [5.41, 5.74) is 1.10. The Balaban J connectivity index is 1.93. The molecule has 74 valence electrons. The van der Waals surface area contributed by atoms with Crippen molar-refractivity contribution in [2.24, 2.45) is 4.99 Å². The third-order valence-electron chi connectivity index (χ3n) is 2.29. The first kappa shape index (κ1) is 10.3. The zero-order chi connectivity index (χ0) is 9.52. The quantitative estimate of drug-likeness (QED) is 0.493. The Kier molecular flexibility index (Phi) is 4.54. The molecule has 13 heavy (non-hydrogen) atoms. The van der Waals surface area contributed by atoms with E-state index < -0.39 is 0 Å². The molecule has 1 fully saturated rings. The van der Waals surface area contributed by atoms with Gasteiger partial charge in [0.2, 0.25) is 0 Å². The van der Waals surface area contributed by atoms with Crippen LogP contribution >= 0.6 is 0 Å². The second-order valence-corrected chi connectivity index (χ2v) is 3.47. The van der Waals surface area contributed by atoms with Gasteiger partial charge in [-0.1, -0.05) is 0 Å². The first-order valence-electron chi connectivity index (χ1n) is 4.92. The Hall–Kier alpha value is -0.830. The van der Waals surface area contributed by atoms with Crippen LogP contribution in [0.3, 0.4) is 0 Å². The highest BCUT2D eigenvalue weighted by atomic mass is 15.2. The number of nitrogens with zero attached hydrogens (tertiary/aromatic N) is 2. The van der Waals surface area contributed by atoms with Crippen LogP contribution in [0, 0.1) is 0 Å². The molecule has 0 unspecified atom stereocenters. The van der Waals surface area contributed by atoms with E-state index in [2.05, 4.69) is 21.9 Å². The van der Waals surface area contributed by atoms with Crippen LogP contribution in [0.25, 0.3) is 0 Å². The first-order valence-corrected chi connectivity index (χ1v) is 4.92. The van der Waals surface area contributed by atoms with Crippen LogP contribution < -0.4 is 5.32 Å². The van der Waals surface area contributed by atoms with E-state index in [4.69, 9.17) is 0 Å². The second kappa shape index (κ2) is 5.75. The summed E-state index contributed by atoms with van der Waals surface area (Å²) in [6, 6.07) is 0. The standard InChI is InChI=1S/C10H19N3/c1-10(9-11-2)12-5-3-6-13-7-4-8-13/h9,12H,2-8H2,1H3/b10-9-. The van der Waals surface area contributed by atoms with Crippen LogP contribution in [0.5, 0.6) is 0 Å². The fourth-order valence-corrected chi connectivity index (χ4v) is 1.38. The van der Waals surface area contributed by atoms with Crippen molar-refractivity contribution in [3.05, 3.63) is 11.9 Å². The lowest BCUT2D eigenvalue weighted by Gasteiger charge is -2.30. The van der Waals surface area contributed by atoms with E-state index in [-0.39, 0.29) is 0 Å². The Bertz CT molecular complexity index is 183. The zero-order valence-electron chi connectivity index (χ0n) is 8.42. The van der Waals surface area contributed by atoms with Crippen molar-refractivity contribution in [1.29, 1.82) is 0 Å². The summed E-state index contributed by atoms with van der Waals surface area (Å²) < 4.78 is 0. The molecule has 3 nitrogen and oxygen atoms in total. The number of hydrogen-bond donors (Lipinski definition) is 1. The average Bonchev–Trinajstić information content (AvgIpc) is 2.01. The van der Waals surface area contributed by atoms with Crippen LogP contribution in [0.4, 0.5) is 0 Å². The van der Waals surface area contributed by atoms with Crippen LogP contribution in [0.15, 0.2) is 16.9 Å². The predicted octanol–water partition coefficient (Wildman–Crippen LogP) is 1.23. The molecule has 0 atom stereocenters. The van der Waals surface area contributed by atoms with Gasteiger partial charge in [-0.25, -0.2) is 0 Å². The molecule has 0 saturated carbocycles. The number of likely N-dealkylation sites (tertiary alicyclic amines) is 1. The van der Waals surface area contributed by atoms with Crippen molar-refractivity contribution in [2.45, 2.75) is 19.8 Å². The van der Waals surface area contributed by atoms with Gasteiger partial charge in [-0.3, -0.25) is 4.99 Å². The molecule has 1 rings (SSSR count). The summed E-state index contributed by atoms with van der Waals surface area (Å²) >= 11 is 0. The third-order valence-corrected chi connectivity index (χ3v) is 2.29. The van der Waals surface area contributed by atoms with E-state index in [0.29, 0.717) is 0 Å². The Morgan fingerprint density at radius 2 is 2.38 bits per heavy atom.